The van der Waals surface area contributed by atoms with Gasteiger partial charge in [-0.25, -0.2) is 24.3 Å². The van der Waals surface area contributed by atoms with Gasteiger partial charge in [0.1, 0.15) is 45.5 Å². The second-order valence-corrected chi connectivity index (χ2v) is 34.2. The van der Waals surface area contributed by atoms with E-state index in [2.05, 4.69) is 105 Å². The number of alkyl halides is 3. The molecule has 0 bridgehead atoms. The molecule has 12 aromatic heterocycles. The summed E-state index contributed by atoms with van der Waals surface area (Å²) in [4.78, 5) is 78.5. The van der Waals surface area contributed by atoms with Crippen molar-refractivity contribution in [3.05, 3.63) is 350 Å². The molecule has 3 amide bonds. The fraction of sp³-hybridized carbons (Fsp3) is 0.177. The number of nitrogens with zero attached hydrogens (tertiary/aromatic N) is 13. The van der Waals surface area contributed by atoms with Crippen LogP contribution in [0.15, 0.2) is 299 Å². The number of methoxy groups -OCH3 is 9. The topological polar surface area (TPSA) is 304 Å². The number of aromatic nitrogens is 12. The molecule has 29 nitrogen and oxygen atoms in total. The lowest BCUT2D eigenvalue weighted by Crippen LogP contribution is -2.35. The minimum atomic E-state index is -4.41. The third-order valence-electron chi connectivity index (χ3n) is 24.9. The Labute approximate surface area is 837 Å². The van der Waals surface area contributed by atoms with Crippen molar-refractivity contribution in [3.63, 3.8) is 0 Å². The van der Waals surface area contributed by atoms with Gasteiger partial charge >= 0.3 is 6.18 Å². The molecular weight excluding hydrogens is 1870 g/mol. The van der Waals surface area contributed by atoms with E-state index in [4.69, 9.17) is 52.4 Å². The molecule has 7 aromatic carbocycles. The fourth-order valence-electron chi connectivity index (χ4n) is 17.5. The molecule has 146 heavy (non-hydrogen) atoms. The zero-order valence-electron chi connectivity index (χ0n) is 81.5. The number of imidazole rings is 4. The average molecular weight is 1970 g/mol. The first-order chi connectivity index (χ1) is 71.0. The summed E-state index contributed by atoms with van der Waals surface area (Å²) in [6.07, 6.45) is 19.1. The van der Waals surface area contributed by atoms with Crippen molar-refractivity contribution in [2.24, 2.45) is 0 Å². The number of rotatable bonds is 26. The zero-order chi connectivity index (χ0) is 102. The van der Waals surface area contributed by atoms with Gasteiger partial charge in [0.05, 0.1) is 136 Å². The molecule has 3 N–H and O–H groups in total. The van der Waals surface area contributed by atoms with Crippen molar-refractivity contribution in [3.8, 4) is 141 Å². The molecule has 1 aliphatic carbocycles. The number of aryl methyl sites for hydroxylation is 2. The van der Waals surface area contributed by atoms with Gasteiger partial charge in [0.2, 0.25) is 17.2 Å². The maximum absolute atomic E-state index is 13.9. The number of morpholine rings is 1. The van der Waals surface area contributed by atoms with Crippen LogP contribution in [-0.2, 0) is 17.5 Å². The number of ether oxygens (including phenoxy) is 10. The molecule has 2 aliphatic rings. The van der Waals surface area contributed by atoms with E-state index < -0.39 is 11.7 Å². The highest BCUT2D eigenvalue weighted by molar-refractivity contribution is 6.06. The fourth-order valence-corrected chi connectivity index (χ4v) is 17.5. The second-order valence-electron chi connectivity index (χ2n) is 34.2. The Kier molecular flexibility index (Phi) is 29.4. The lowest BCUT2D eigenvalue weighted by Gasteiger charge is -2.26. The number of pyridine rings is 8. The van der Waals surface area contributed by atoms with E-state index in [1.54, 1.807) is 112 Å². The summed E-state index contributed by atoms with van der Waals surface area (Å²) >= 11 is 0. The van der Waals surface area contributed by atoms with E-state index in [0.717, 1.165) is 134 Å². The van der Waals surface area contributed by atoms with Crippen molar-refractivity contribution < 1.29 is 79.3 Å². The molecule has 33 heteroatoms. The van der Waals surface area contributed by atoms with Crippen LogP contribution in [0.5, 0.6) is 51.7 Å². The van der Waals surface area contributed by atoms with Gasteiger partial charge in [-0.2, -0.15) is 13.2 Å². The first kappa shape index (κ1) is 98.3. The van der Waals surface area contributed by atoms with Gasteiger partial charge in [0, 0.05) is 189 Å². The Morgan fingerprint density at radius 2 is 0.705 bits per heavy atom. The monoisotopic (exact) mass is 1960 g/mol. The third-order valence-corrected chi connectivity index (χ3v) is 24.9. The first-order valence-electron chi connectivity index (χ1n) is 46.5. The summed E-state index contributed by atoms with van der Waals surface area (Å²) in [5, 5.41) is 8.72. The first-order valence-corrected chi connectivity index (χ1v) is 46.5. The van der Waals surface area contributed by atoms with Crippen LogP contribution in [0.4, 0.5) is 34.6 Å². The summed E-state index contributed by atoms with van der Waals surface area (Å²) in [7, 11) is 13.7. The quantitative estimate of drug-likeness (QED) is 0.0424. The number of carbonyl (C=O) groups excluding carboxylic acids is 3. The molecule has 13 heterocycles. The van der Waals surface area contributed by atoms with Crippen LogP contribution in [0.1, 0.15) is 78.2 Å². The molecule has 21 rings (SSSR count). The van der Waals surface area contributed by atoms with Crippen molar-refractivity contribution in [1.82, 2.24) is 62.4 Å². The Bertz CT molecular complexity index is 8000. The summed E-state index contributed by atoms with van der Waals surface area (Å²) in [5.74, 6) is 3.31. The number of hydrogen-bond acceptors (Lipinski definition) is 22. The van der Waals surface area contributed by atoms with Crippen LogP contribution in [0.25, 0.3) is 112 Å². The number of halogens is 4. The van der Waals surface area contributed by atoms with Gasteiger partial charge in [-0.1, -0.05) is 78.4 Å². The van der Waals surface area contributed by atoms with Gasteiger partial charge in [-0.15, -0.1) is 0 Å². The van der Waals surface area contributed by atoms with E-state index in [-0.39, 0.29) is 23.5 Å². The highest BCUT2D eigenvalue weighted by atomic mass is 19.4. The van der Waals surface area contributed by atoms with Gasteiger partial charge in [-0.3, -0.25) is 52.4 Å². The normalized spacial score (nSPS) is 12.3. The highest BCUT2D eigenvalue weighted by Gasteiger charge is 2.32. The summed E-state index contributed by atoms with van der Waals surface area (Å²) < 4.78 is 115. The Balaban J connectivity index is 0.000000128. The number of amides is 3. The van der Waals surface area contributed by atoms with E-state index in [0.29, 0.717) is 131 Å². The van der Waals surface area contributed by atoms with Crippen molar-refractivity contribution >= 4 is 57.4 Å². The predicted octanol–water partition coefficient (Wildman–Crippen LogP) is 22.6. The molecule has 0 spiro atoms. The Morgan fingerprint density at radius 3 is 1.07 bits per heavy atom. The predicted molar refractivity (Wildman–Crippen MR) is 550 cm³/mol. The molecule has 2 fully saturated rings. The van der Waals surface area contributed by atoms with Crippen LogP contribution in [0.2, 0.25) is 0 Å². The molecule has 1 aliphatic heterocycles. The van der Waals surface area contributed by atoms with Crippen LogP contribution in [-0.4, -0.2) is 170 Å². The van der Waals surface area contributed by atoms with Crippen LogP contribution in [0.3, 0.4) is 0 Å². The molecule has 1 saturated heterocycles. The Morgan fingerprint density at radius 1 is 0.363 bits per heavy atom. The average Bonchev–Trinajstić information content (AvgIpc) is 1.58. The van der Waals surface area contributed by atoms with Crippen molar-refractivity contribution in [1.29, 1.82) is 0 Å². The van der Waals surface area contributed by atoms with Crippen LogP contribution in [0, 0.1) is 19.7 Å². The SMILES string of the molecule is COc1cc(NC(=O)c2cnc3ccc(-c4cccnc4-c4ccc(F)c(C)c4)cn23)cc(OC)c1OC.COc1cc(NC(=O)c2cnc3ccc(-c4cccnc4-c4cccc(C)c4)cn23)cc(OC)c1OC.COc1cc(NC(=O)c2cnc3ccc(-c4cccnc4-c4cccc(C5CC5)c4)cn23)cc(OC)c1OC.FC(F)(F)c1cccc(-c2ncccc2-c2ccc3ncc(CN4CCOCC4)n3c2)c1. The maximum atomic E-state index is 13.9. The minimum absolute atomic E-state index is 0.270. The maximum Gasteiger partial charge on any atom is 0.416 e. The summed E-state index contributed by atoms with van der Waals surface area (Å²) in [6, 6.07) is 67.9. The zero-order valence-corrected chi connectivity index (χ0v) is 81.5. The molecule has 19 aromatic rings. The van der Waals surface area contributed by atoms with Gasteiger partial charge in [0.15, 0.2) is 34.5 Å². The number of fused-ring (bicyclic) bond motifs is 4. The number of hydrogen-bond donors (Lipinski definition) is 3. The smallest absolute Gasteiger partial charge is 0.416 e. The summed E-state index contributed by atoms with van der Waals surface area (Å²) in [5.41, 5.74) is 22.1. The second kappa shape index (κ2) is 43.7. The Hall–Kier alpha value is -17.9. The van der Waals surface area contributed by atoms with Gasteiger partial charge in [0.25, 0.3) is 17.7 Å². The standard InChI is InChI=1S/C31H28N4O4.C29H25FN4O4.C29H26N4O4.C24H21F3N4O/c1-37-26-15-23(16-27(38-2)30(26)39-3)34-31(36)25-17-33-28-12-11-22(18-35(25)28)24-8-5-13-32-29(24)21-7-4-6-20(14-21)19-9-10-19;1-17-12-18(7-9-22(17)30)27-21(6-5-11-31-27)19-8-10-26-32-15-23(34(26)16-19)29(35)33-20-13-24(36-2)28(38-4)25(14-20)37-3;1-18-7-5-8-19(13-18)27-22(9-6-12-30-27)20-10-11-26-31-16-23(33(26)17-20)29(34)32-21-14-24(35-2)28(37-4)25(15-21)36-3;25-24(26,27)19-4-1-3-17(13-19)23-21(5-2-8-28-23)18-6-7-22-29-14-20(31(22)15-18)16-30-9-11-32-12-10-30/h4-8,11-19H,9-10H2,1-3H3,(H,34,36);5-16H,1-4H3,(H,33,35);5-17H,1-4H3,(H,32,34);1-8,13-15H,9-12,16H2. The van der Waals surface area contributed by atoms with E-state index in [1.807, 2.05) is 139 Å². The lowest BCUT2D eigenvalue weighted by atomic mass is 9.98. The van der Waals surface area contributed by atoms with E-state index >= 15 is 0 Å². The molecule has 1 saturated carbocycles. The van der Waals surface area contributed by atoms with E-state index in [9.17, 15) is 31.9 Å². The van der Waals surface area contributed by atoms with Crippen LogP contribution >= 0.6 is 0 Å². The van der Waals surface area contributed by atoms with Gasteiger partial charge < -0.3 is 67.7 Å². The molecule has 738 valence electrons. The van der Waals surface area contributed by atoms with E-state index in [1.165, 1.54) is 101 Å². The van der Waals surface area contributed by atoms with Crippen molar-refractivity contribution in [2.45, 2.75) is 45.3 Å². The molecule has 0 atom stereocenters. The third kappa shape index (κ3) is 21.4. The minimum Gasteiger partial charge on any atom is -0.493 e. The molecule has 0 radical (unpaired) electrons. The van der Waals surface area contributed by atoms with Gasteiger partial charge in [-0.05, 0) is 159 Å². The lowest BCUT2D eigenvalue weighted by molar-refractivity contribution is -0.137. The highest BCUT2D eigenvalue weighted by Crippen LogP contribution is 2.47. The van der Waals surface area contributed by atoms with Crippen LogP contribution < -0.4 is 58.6 Å². The molecular formula is C113H100F4N16O13. The molecule has 0 unspecified atom stereocenters. The number of benzene rings is 7. The number of anilines is 3. The summed E-state index contributed by atoms with van der Waals surface area (Å²) in [6.45, 7) is 7.71. The largest absolute Gasteiger partial charge is 0.493 e. The number of nitrogens with one attached hydrogen (secondary N) is 3. The number of carbonyl (C=O) groups is 3. The van der Waals surface area contributed by atoms with Crippen molar-refractivity contribution in [2.75, 3.05) is 106 Å².